The molecule has 0 aliphatic carbocycles. The molecule has 0 saturated carbocycles. The van der Waals surface area contributed by atoms with Gasteiger partial charge in [0.1, 0.15) is 0 Å². The van der Waals surface area contributed by atoms with Crippen LogP contribution >= 0.6 is 34.8 Å². The number of thiocarbonyl (C=S) groups is 1. The number of hydrogen-bond acceptors (Lipinski definition) is 2. The fraction of sp³-hybridized carbons (Fsp3) is 0.158. The molecule has 1 aliphatic heterocycles. The van der Waals surface area contributed by atoms with E-state index in [2.05, 4.69) is 91.0 Å². The summed E-state index contributed by atoms with van der Waals surface area (Å²) in [6.07, 6.45) is 5.86. The number of hydrogen-bond donors (Lipinski definition) is 1. The van der Waals surface area contributed by atoms with Crippen molar-refractivity contribution < 1.29 is 0 Å². The Bertz CT molecular complexity index is 876. The molecule has 0 amide bonds. The Kier molecular flexibility index (Phi) is 4.72. The normalized spacial score (nSPS) is 16.4. The second-order valence-electron chi connectivity index (χ2n) is 5.95. The molecule has 1 N–H and O–H groups in total. The van der Waals surface area contributed by atoms with Gasteiger partial charge in [0, 0.05) is 46.6 Å². The largest absolute Gasteiger partial charge is 0.348 e. The molecule has 2 aromatic heterocycles. The topological polar surface area (TPSA) is 33.1 Å². The number of fused-ring (bicyclic) bond motifs is 1. The molecule has 0 saturated heterocycles. The van der Waals surface area contributed by atoms with Crippen molar-refractivity contribution in [3.63, 3.8) is 0 Å². The van der Waals surface area contributed by atoms with Gasteiger partial charge >= 0.3 is 0 Å². The van der Waals surface area contributed by atoms with Gasteiger partial charge in [0.05, 0.1) is 6.04 Å². The molecule has 4 rings (SSSR count). The first-order chi connectivity index (χ1) is 12.2. The monoisotopic (exact) mass is 460 g/mol. The number of aromatic nitrogens is 2. The highest BCUT2D eigenvalue weighted by Gasteiger charge is 2.30. The molecule has 3 heterocycles. The van der Waals surface area contributed by atoms with Crippen molar-refractivity contribution in [2.45, 2.75) is 12.6 Å². The van der Waals surface area contributed by atoms with E-state index in [-0.39, 0.29) is 6.04 Å². The van der Waals surface area contributed by atoms with E-state index in [0.29, 0.717) is 0 Å². The zero-order valence-electron chi connectivity index (χ0n) is 13.5. The molecule has 4 nitrogen and oxygen atoms in total. The van der Waals surface area contributed by atoms with Crippen LogP contribution in [-0.2, 0) is 6.54 Å². The van der Waals surface area contributed by atoms with Gasteiger partial charge in [-0.05, 0) is 82.8 Å². The molecule has 0 fully saturated rings. The van der Waals surface area contributed by atoms with Gasteiger partial charge in [-0.3, -0.25) is 4.98 Å². The van der Waals surface area contributed by atoms with E-state index in [9.17, 15) is 0 Å². The van der Waals surface area contributed by atoms with Gasteiger partial charge in [-0.15, -0.1) is 0 Å². The summed E-state index contributed by atoms with van der Waals surface area (Å²) in [5, 5.41) is 4.12. The summed E-state index contributed by atoms with van der Waals surface area (Å²) >= 11 is 8.06. The van der Waals surface area contributed by atoms with Crippen molar-refractivity contribution in [1.29, 1.82) is 0 Å². The standard InChI is InChI=1S/C19H17IN4S/c20-15-5-7-16(8-6-15)22-19(25)24-12-11-23-10-2-4-17(23)18(24)14-3-1-9-21-13-14/h1-10,13,18H,11-12H2,(H,22,25)/t18-/m1/s1. The summed E-state index contributed by atoms with van der Waals surface area (Å²) < 4.78 is 3.50. The molecule has 0 bridgehead atoms. The van der Waals surface area contributed by atoms with Crippen molar-refractivity contribution in [1.82, 2.24) is 14.5 Å². The Labute approximate surface area is 166 Å². The quantitative estimate of drug-likeness (QED) is 0.457. The predicted molar refractivity (Wildman–Crippen MR) is 113 cm³/mol. The van der Waals surface area contributed by atoms with Crippen LogP contribution in [0, 0.1) is 3.57 Å². The molecule has 0 radical (unpaired) electrons. The number of anilines is 1. The van der Waals surface area contributed by atoms with Gasteiger partial charge in [-0.25, -0.2) is 0 Å². The second kappa shape index (κ2) is 7.13. The Balaban J connectivity index is 1.65. The van der Waals surface area contributed by atoms with Gasteiger partial charge in [-0.2, -0.15) is 0 Å². The fourth-order valence-electron chi connectivity index (χ4n) is 3.22. The van der Waals surface area contributed by atoms with Crippen LogP contribution in [0.3, 0.4) is 0 Å². The zero-order valence-corrected chi connectivity index (χ0v) is 16.4. The minimum atomic E-state index is 0.0706. The van der Waals surface area contributed by atoms with Crippen LogP contribution in [0.25, 0.3) is 0 Å². The maximum atomic E-state index is 5.75. The molecular weight excluding hydrogens is 443 g/mol. The van der Waals surface area contributed by atoms with Crippen LogP contribution in [0.1, 0.15) is 17.3 Å². The van der Waals surface area contributed by atoms with Gasteiger partial charge in [0.15, 0.2) is 5.11 Å². The first kappa shape index (κ1) is 16.5. The highest BCUT2D eigenvalue weighted by molar-refractivity contribution is 14.1. The molecule has 1 atom stereocenters. The Morgan fingerprint density at radius 3 is 2.72 bits per heavy atom. The lowest BCUT2D eigenvalue weighted by atomic mass is 10.0. The van der Waals surface area contributed by atoms with E-state index in [1.54, 1.807) is 6.20 Å². The van der Waals surface area contributed by atoms with Crippen molar-refractivity contribution in [2.24, 2.45) is 0 Å². The van der Waals surface area contributed by atoms with E-state index < -0.39 is 0 Å². The minimum Gasteiger partial charge on any atom is -0.348 e. The van der Waals surface area contributed by atoms with Crippen LogP contribution in [-0.4, -0.2) is 26.1 Å². The van der Waals surface area contributed by atoms with E-state index >= 15 is 0 Å². The summed E-state index contributed by atoms with van der Waals surface area (Å²) in [6, 6.07) is 16.7. The Hall–Kier alpha value is -1.93. The molecule has 3 aromatic rings. The molecule has 1 aromatic carbocycles. The molecular formula is C19H17IN4S. The number of rotatable bonds is 2. The maximum absolute atomic E-state index is 5.75. The first-order valence-corrected chi connectivity index (χ1v) is 9.59. The average molecular weight is 460 g/mol. The smallest absolute Gasteiger partial charge is 0.174 e. The Morgan fingerprint density at radius 2 is 1.96 bits per heavy atom. The maximum Gasteiger partial charge on any atom is 0.174 e. The lowest BCUT2D eigenvalue weighted by molar-refractivity contribution is 0.293. The van der Waals surface area contributed by atoms with Crippen molar-refractivity contribution in [2.75, 3.05) is 11.9 Å². The summed E-state index contributed by atoms with van der Waals surface area (Å²) in [6.45, 7) is 1.78. The highest BCUT2D eigenvalue weighted by Crippen LogP contribution is 2.32. The predicted octanol–water partition coefficient (Wildman–Crippen LogP) is 4.29. The minimum absolute atomic E-state index is 0.0706. The van der Waals surface area contributed by atoms with Crippen LogP contribution in [0.5, 0.6) is 0 Å². The molecule has 0 spiro atoms. The number of halogens is 1. The van der Waals surface area contributed by atoms with Crippen LogP contribution in [0.15, 0.2) is 67.1 Å². The zero-order chi connectivity index (χ0) is 17.2. The van der Waals surface area contributed by atoms with Crippen molar-refractivity contribution >= 4 is 45.6 Å². The summed E-state index contributed by atoms with van der Waals surface area (Å²) in [7, 11) is 0. The third kappa shape index (κ3) is 3.41. The van der Waals surface area contributed by atoms with E-state index in [1.807, 2.05) is 12.3 Å². The van der Waals surface area contributed by atoms with Gasteiger partial charge in [-0.1, -0.05) is 6.07 Å². The second-order valence-corrected chi connectivity index (χ2v) is 7.58. The average Bonchev–Trinajstić information content (AvgIpc) is 3.12. The molecule has 0 unspecified atom stereocenters. The first-order valence-electron chi connectivity index (χ1n) is 8.10. The van der Waals surface area contributed by atoms with Crippen LogP contribution in [0.4, 0.5) is 5.69 Å². The van der Waals surface area contributed by atoms with E-state index in [0.717, 1.165) is 29.5 Å². The number of benzene rings is 1. The summed E-state index contributed by atoms with van der Waals surface area (Å²) in [4.78, 5) is 6.55. The molecule has 1 aliphatic rings. The lowest BCUT2D eigenvalue weighted by Crippen LogP contribution is -2.44. The van der Waals surface area contributed by atoms with Crippen LogP contribution in [0.2, 0.25) is 0 Å². The summed E-state index contributed by atoms with van der Waals surface area (Å²) in [5.41, 5.74) is 3.40. The molecule has 6 heteroatoms. The van der Waals surface area contributed by atoms with E-state index in [1.165, 1.54) is 9.26 Å². The van der Waals surface area contributed by atoms with Gasteiger partial charge in [0.25, 0.3) is 0 Å². The van der Waals surface area contributed by atoms with Crippen molar-refractivity contribution in [3.05, 3.63) is 81.9 Å². The summed E-state index contributed by atoms with van der Waals surface area (Å²) in [5.74, 6) is 0. The molecule has 126 valence electrons. The third-order valence-electron chi connectivity index (χ3n) is 4.39. The third-order valence-corrected chi connectivity index (χ3v) is 5.45. The number of nitrogens with zero attached hydrogens (tertiary/aromatic N) is 3. The highest BCUT2D eigenvalue weighted by atomic mass is 127. The molecule has 25 heavy (non-hydrogen) atoms. The van der Waals surface area contributed by atoms with Crippen LogP contribution < -0.4 is 5.32 Å². The SMILES string of the molecule is S=C(Nc1ccc(I)cc1)N1CCn2cccc2[C@H]1c1cccnc1. The van der Waals surface area contributed by atoms with E-state index in [4.69, 9.17) is 12.2 Å². The van der Waals surface area contributed by atoms with Gasteiger partial charge in [0.2, 0.25) is 0 Å². The van der Waals surface area contributed by atoms with Gasteiger partial charge < -0.3 is 14.8 Å². The fourth-order valence-corrected chi connectivity index (χ4v) is 3.89. The number of nitrogens with one attached hydrogen (secondary N) is 1. The van der Waals surface area contributed by atoms with Crippen molar-refractivity contribution in [3.8, 4) is 0 Å². The Morgan fingerprint density at radius 1 is 1.12 bits per heavy atom. The lowest BCUT2D eigenvalue weighted by Gasteiger charge is -2.38. The number of pyridine rings is 1.